The number of hydrogen-bond donors (Lipinski definition) is 0. The van der Waals surface area contributed by atoms with Gasteiger partial charge in [0.1, 0.15) is 5.56 Å². The fraction of sp³-hybridized carbons (Fsp3) is 0.415. The summed E-state index contributed by atoms with van der Waals surface area (Å²) in [7, 11) is 4.50. The van der Waals surface area contributed by atoms with Gasteiger partial charge < -0.3 is 33.2 Å². The van der Waals surface area contributed by atoms with E-state index in [4.69, 9.17) is 79.6 Å². The SMILES string of the molecule is COC(=O)c1ccc(OC)c2c1OCC1(CO2)CSCSC1.COc1ccc(C(=O)Cc2c(Cl)cncc2Cl)c2c1OCC1(CO2)CSCSC1.Cc1c(Cl)cncc1Cl. The average Bonchev–Trinajstić information content (AvgIpc) is 3.57. The van der Waals surface area contributed by atoms with Crippen molar-refractivity contribution in [2.75, 3.05) is 80.9 Å². The summed E-state index contributed by atoms with van der Waals surface area (Å²) in [5.74, 6) is 6.22. The summed E-state index contributed by atoms with van der Waals surface area (Å²) in [4.78, 5) is 32.8. The zero-order valence-corrected chi connectivity index (χ0v) is 39.4. The zero-order valence-electron chi connectivity index (χ0n) is 33.1. The third kappa shape index (κ3) is 11.1. The first-order chi connectivity index (χ1) is 28.9. The summed E-state index contributed by atoms with van der Waals surface area (Å²) in [6.07, 6.45) is 6.14. The van der Waals surface area contributed by atoms with Crippen molar-refractivity contribution in [1.82, 2.24) is 9.97 Å². The van der Waals surface area contributed by atoms with Crippen LogP contribution < -0.4 is 28.4 Å². The Kier molecular flexibility index (Phi) is 16.8. The Morgan fingerprint density at radius 3 is 1.43 bits per heavy atom. The lowest BCUT2D eigenvalue weighted by atomic mass is 9.95. The monoisotopic (exact) mass is 974 g/mol. The molecular weight excluding hydrogens is 935 g/mol. The third-order valence-electron chi connectivity index (χ3n) is 9.74. The van der Waals surface area contributed by atoms with Crippen molar-refractivity contribution < 1.29 is 42.7 Å². The summed E-state index contributed by atoms with van der Waals surface area (Å²) in [6.45, 7) is 3.95. The molecule has 8 rings (SSSR count). The van der Waals surface area contributed by atoms with Crippen molar-refractivity contribution in [3.63, 3.8) is 0 Å². The summed E-state index contributed by atoms with van der Waals surface area (Å²) in [5, 5.41) is 4.13. The number of halogens is 4. The maximum absolute atomic E-state index is 13.1. The normalized spacial score (nSPS) is 17.1. The van der Waals surface area contributed by atoms with Crippen molar-refractivity contribution in [1.29, 1.82) is 0 Å². The number of carbonyl (C=O) groups is 2. The molecular formula is C41H42Cl4N2O9S4. The van der Waals surface area contributed by atoms with Crippen LogP contribution in [0.2, 0.25) is 20.1 Å². The fourth-order valence-corrected chi connectivity index (χ4v) is 12.6. The summed E-state index contributed by atoms with van der Waals surface area (Å²) >= 11 is 31.3. The Labute approximate surface area is 386 Å². The van der Waals surface area contributed by atoms with E-state index in [0.29, 0.717) is 97.7 Å². The summed E-state index contributed by atoms with van der Waals surface area (Å²) in [5.41, 5.74) is 2.10. The molecule has 4 aromatic rings. The van der Waals surface area contributed by atoms with Gasteiger partial charge in [0, 0.05) is 70.0 Å². The summed E-state index contributed by atoms with van der Waals surface area (Å²) < 4.78 is 40.0. The predicted molar refractivity (Wildman–Crippen MR) is 245 cm³/mol. The Bertz CT molecular complexity index is 2130. The van der Waals surface area contributed by atoms with Crippen LogP contribution in [0.15, 0.2) is 49.1 Å². The number of thioether (sulfide) groups is 4. The van der Waals surface area contributed by atoms with Crippen LogP contribution in [-0.4, -0.2) is 103 Å². The molecule has 11 nitrogen and oxygen atoms in total. The van der Waals surface area contributed by atoms with Crippen LogP contribution in [0.4, 0.5) is 0 Å². The molecule has 6 heterocycles. The van der Waals surface area contributed by atoms with E-state index in [-0.39, 0.29) is 23.0 Å². The van der Waals surface area contributed by atoms with Crippen LogP contribution in [0.3, 0.4) is 0 Å². The van der Waals surface area contributed by atoms with Gasteiger partial charge in [0.2, 0.25) is 11.5 Å². The molecule has 0 amide bonds. The molecule has 0 bridgehead atoms. The number of pyridine rings is 2. The molecule has 0 radical (unpaired) electrons. The molecule has 2 aromatic heterocycles. The molecule has 0 unspecified atom stereocenters. The number of ether oxygens (including phenoxy) is 7. The highest BCUT2D eigenvalue weighted by Gasteiger charge is 2.41. The number of ketones is 1. The second kappa shape index (κ2) is 21.5. The quantitative estimate of drug-likeness (QED) is 0.134. The van der Waals surface area contributed by atoms with Gasteiger partial charge >= 0.3 is 5.97 Å². The lowest BCUT2D eigenvalue weighted by Crippen LogP contribution is -2.40. The van der Waals surface area contributed by atoms with Crippen molar-refractivity contribution in [3.05, 3.63) is 91.4 Å². The highest BCUT2D eigenvalue weighted by atomic mass is 35.5. The number of Topliss-reactive ketones (excluding diaryl/α,β-unsaturated/α-hetero) is 1. The lowest BCUT2D eigenvalue weighted by molar-refractivity contribution is 0.0594. The van der Waals surface area contributed by atoms with Gasteiger partial charge in [0.05, 0.1) is 84.2 Å². The first kappa shape index (κ1) is 46.7. The van der Waals surface area contributed by atoms with Crippen LogP contribution in [0, 0.1) is 17.8 Å². The van der Waals surface area contributed by atoms with Gasteiger partial charge in [0.15, 0.2) is 28.8 Å². The molecule has 0 N–H and O–H groups in total. The average molecular weight is 977 g/mol. The van der Waals surface area contributed by atoms with E-state index in [1.807, 2.05) is 54.0 Å². The van der Waals surface area contributed by atoms with Crippen LogP contribution in [-0.2, 0) is 11.2 Å². The van der Waals surface area contributed by atoms with E-state index < -0.39 is 5.97 Å². The minimum Gasteiger partial charge on any atom is -0.493 e. The van der Waals surface area contributed by atoms with E-state index in [9.17, 15) is 9.59 Å². The van der Waals surface area contributed by atoms with E-state index >= 15 is 0 Å². The molecule has 2 spiro atoms. The molecule has 0 atom stereocenters. The van der Waals surface area contributed by atoms with Gasteiger partial charge in [-0.2, -0.15) is 47.0 Å². The molecule has 2 aromatic carbocycles. The number of esters is 1. The van der Waals surface area contributed by atoms with E-state index in [1.165, 1.54) is 19.5 Å². The van der Waals surface area contributed by atoms with Gasteiger partial charge in [-0.05, 0) is 36.8 Å². The topological polar surface area (TPSA) is 125 Å². The summed E-state index contributed by atoms with van der Waals surface area (Å²) in [6, 6.07) is 6.79. The number of benzene rings is 2. The van der Waals surface area contributed by atoms with E-state index in [1.54, 1.807) is 50.9 Å². The molecule has 19 heteroatoms. The van der Waals surface area contributed by atoms with Gasteiger partial charge in [-0.3, -0.25) is 14.8 Å². The number of rotatable bonds is 6. The second-order valence-corrected chi connectivity index (χ2v) is 20.4. The fourth-order valence-electron chi connectivity index (χ4n) is 6.35. The molecule has 0 saturated carbocycles. The van der Waals surface area contributed by atoms with E-state index in [0.717, 1.165) is 38.7 Å². The first-order valence-electron chi connectivity index (χ1n) is 18.3. The van der Waals surface area contributed by atoms with Gasteiger partial charge in [0.25, 0.3) is 0 Å². The minimum atomic E-state index is -0.439. The van der Waals surface area contributed by atoms with E-state index in [2.05, 4.69) is 9.97 Å². The predicted octanol–water partition coefficient (Wildman–Crippen LogP) is 10.4. The van der Waals surface area contributed by atoms with Gasteiger partial charge in [-0.1, -0.05) is 46.4 Å². The van der Waals surface area contributed by atoms with Crippen molar-refractivity contribution >= 4 is 105 Å². The first-order valence-corrected chi connectivity index (χ1v) is 24.5. The molecule has 2 saturated heterocycles. The Morgan fingerprint density at radius 1 is 0.617 bits per heavy atom. The molecule has 322 valence electrons. The van der Waals surface area contributed by atoms with Crippen LogP contribution in [0.25, 0.3) is 0 Å². The molecule has 60 heavy (non-hydrogen) atoms. The molecule has 2 fully saturated rings. The number of nitrogens with zero attached hydrogens (tertiary/aromatic N) is 2. The maximum atomic E-state index is 13.1. The second-order valence-electron chi connectivity index (χ2n) is 14.1. The Balaban J connectivity index is 0.000000171. The molecule has 4 aliphatic heterocycles. The highest BCUT2D eigenvalue weighted by molar-refractivity contribution is 8.17. The van der Waals surface area contributed by atoms with Gasteiger partial charge in [-0.25, -0.2) is 4.79 Å². The van der Waals surface area contributed by atoms with Crippen LogP contribution in [0.1, 0.15) is 31.8 Å². The highest BCUT2D eigenvalue weighted by Crippen LogP contribution is 2.48. The number of carbonyl (C=O) groups excluding carboxylic acids is 2. The van der Waals surface area contributed by atoms with Crippen LogP contribution in [0.5, 0.6) is 34.5 Å². The lowest BCUT2D eigenvalue weighted by Gasteiger charge is -2.33. The number of fused-ring (bicyclic) bond motifs is 2. The largest absolute Gasteiger partial charge is 0.493 e. The zero-order chi connectivity index (χ0) is 42.9. The number of hydrogen-bond acceptors (Lipinski definition) is 15. The third-order valence-corrected chi connectivity index (χ3v) is 17.1. The Morgan fingerprint density at radius 2 is 1.02 bits per heavy atom. The minimum absolute atomic E-state index is 0.0367. The number of methoxy groups -OCH3 is 3. The molecule has 4 aliphatic rings. The van der Waals surface area contributed by atoms with Crippen molar-refractivity contribution in [2.45, 2.75) is 13.3 Å². The maximum Gasteiger partial charge on any atom is 0.341 e. The van der Waals surface area contributed by atoms with Crippen LogP contribution >= 0.6 is 93.5 Å². The van der Waals surface area contributed by atoms with Crippen molar-refractivity contribution in [2.24, 2.45) is 10.8 Å². The molecule has 0 aliphatic carbocycles. The van der Waals surface area contributed by atoms with Gasteiger partial charge in [-0.15, -0.1) is 0 Å². The smallest absolute Gasteiger partial charge is 0.341 e. The van der Waals surface area contributed by atoms with Crippen molar-refractivity contribution in [3.8, 4) is 34.5 Å². The Hall–Kier alpha value is -2.76. The number of aromatic nitrogens is 2. The standard InChI is InChI=1S/C20H19Cl2NO4S2.C15H18O5S2.C6H5Cl2N/c1-25-17-3-2-12(16(24)4-13-14(21)5-23-6-15(13)22)18-19(17)27-8-20(7-26-18)9-28-11-29-10-20;1-17-11-4-3-10(14(16)18-2)12-13(11)20-6-15(5-19-12)7-21-9-22-8-15;1-4-5(7)2-9-3-6(4)8/h2-3,5-6H,4,7-11H2,1H3;3-4H,5-9H2,1-2H3;2-3H,1H3.